The molecule has 2 heterocycles. The normalized spacial score (nSPS) is 23.1. The second-order valence-corrected chi connectivity index (χ2v) is 26.8. The van der Waals surface area contributed by atoms with Crippen molar-refractivity contribution in [2.75, 3.05) is 19.8 Å². The Morgan fingerprint density at radius 3 is 1.16 bits per heavy atom. The van der Waals surface area contributed by atoms with E-state index in [2.05, 4.69) is 79.9 Å². The van der Waals surface area contributed by atoms with Gasteiger partial charge in [-0.2, -0.15) is 0 Å². The Morgan fingerprint density at radius 1 is 0.407 bits per heavy atom. The van der Waals surface area contributed by atoms with Gasteiger partial charge in [0.1, 0.15) is 48.8 Å². The summed E-state index contributed by atoms with van der Waals surface area (Å²) in [6.45, 7) is 2.79. The minimum absolute atomic E-state index is 0.201. The quantitative estimate of drug-likeness (QED) is 0.0204. The molecule has 91 heavy (non-hydrogen) atoms. The van der Waals surface area contributed by atoms with Crippen LogP contribution >= 0.6 is 0 Å². The predicted molar refractivity (Wildman–Crippen MR) is 374 cm³/mol. The van der Waals surface area contributed by atoms with Crippen LogP contribution in [0.5, 0.6) is 0 Å². The number of carbonyl (C=O) groups is 1. The smallest absolute Gasteiger partial charge is 0.220 e. The fourth-order valence-electron chi connectivity index (χ4n) is 12.5. The molecule has 12 unspecified atom stereocenters. The van der Waals surface area contributed by atoms with Crippen molar-refractivity contribution in [1.82, 2.24) is 5.32 Å². The second kappa shape index (κ2) is 61.3. The number of aliphatic hydroxyl groups is 8. The van der Waals surface area contributed by atoms with Gasteiger partial charge >= 0.3 is 0 Å². The zero-order valence-corrected chi connectivity index (χ0v) is 58.1. The Kier molecular flexibility index (Phi) is 57.1. The number of carbonyl (C=O) groups excluding carboxylic acids is 1. The van der Waals surface area contributed by atoms with Crippen molar-refractivity contribution in [1.29, 1.82) is 0 Å². The van der Waals surface area contributed by atoms with Crippen molar-refractivity contribution in [3.63, 3.8) is 0 Å². The van der Waals surface area contributed by atoms with Gasteiger partial charge in [0, 0.05) is 6.42 Å². The van der Waals surface area contributed by atoms with E-state index < -0.39 is 86.8 Å². The zero-order chi connectivity index (χ0) is 65.9. The summed E-state index contributed by atoms with van der Waals surface area (Å²) in [5.41, 5.74) is 0. The van der Waals surface area contributed by atoms with Crippen LogP contribution in [0.25, 0.3) is 0 Å². The first-order valence-corrected chi connectivity index (χ1v) is 38.0. The van der Waals surface area contributed by atoms with Crippen LogP contribution in [0.4, 0.5) is 0 Å². The molecule has 0 bridgehead atoms. The standard InChI is InChI=1S/C77H141NO13/c1-3-5-7-9-11-13-15-17-19-21-23-25-26-27-28-29-30-31-32-33-34-35-36-37-38-39-40-41-43-45-47-49-51-53-55-57-59-61-69(82)78-65(66(81)60-58-56-54-52-50-48-46-44-42-24-22-20-18-16-14-12-10-8-6-4-2)64-88-76-74(87)72(85)75(68(63-80)90-76)91-77-73(86)71(84)70(83)67(62-79)89-77/h5,7,11,13,17,19,23,25,27-28,65-68,70-77,79-81,83-87H,3-4,6,8-10,12,14-16,18,20-22,24,26,29-64H2,1-2H3,(H,78,82)/b7-5-,13-11-,19-17-,25-23-,28-27-. The van der Waals surface area contributed by atoms with E-state index in [1.807, 2.05) is 0 Å². The lowest BCUT2D eigenvalue weighted by molar-refractivity contribution is -0.359. The Hall–Kier alpha value is -2.31. The minimum atomic E-state index is -1.78. The molecule has 532 valence electrons. The third kappa shape index (κ3) is 44.9. The molecule has 9 N–H and O–H groups in total. The van der Waals surface area contributed by atoms with Gasteiger partial charge in [-0.25, -0.2) is 0 Å². The zero-order valence-electron chi connectivity index (χ0n) is 58.1. The van der Waals surface area contributed by atoms with Gasteiger partial charge in [0.05, 0.1) is 32.0 Å². The highest BCUT2D eigenvalue weighted by Gasteiger charge is 2.51. The molecule has 0 aromatic carbocycles. The van der Waals surface area contributed by atoms with Crippen molar-refractivity contribution < 1.29 is 64.6 Å². The van der Waals surface area contributed by atoms with E-state index in [0.717, 1.165) is 83.5 Å². The summed E-state index contributed by atoms with van der Waals surface area (Å²) in [5.74, 6) is -0.201. The molecule has 2 aliphatic heterocycles. The molecule has 1 amide bonds. The molecule has 12 atom stereocenters. The first-order valence-electron chi connectivity index (χ1n) is 38.0. The molecule has 0 aromatic rings. The number of aliphatic hydroxyl groups excluding tert-OH is 8. The van der Waals surface area contributed by atoms with Gasteiger partial charge in [-0.15, -0.1) is 0 Å². The highest BCUT2D eigenvalue weighted by atomic mass is 16.7. The van der Waals surface area contributed by atoms with Gasteiger partial charge in [-0.3, -0.25) is 4.79 Å². The van der Waals surface area contributed by atoms with Crippen LogP contribution in [0.15, 0.2) is 60.8 Å². The van der Waals surface area contributed by atoms with Gasteiger partial charge in [0.2, 0.25) is 5.91 Å². The molecular formula is C77H141NO13. The van der Waals surface area contributed by atoms with Crippen LogP contribution in [0.3, 0.4) is 0 Å². The van der Waals surface area contributed by atoms with Gasteiger partial charge in [-0.05, 0) is 57.8 Å². The van der Waals surface area contributed by atoms with E-state index in [-0.39, 0.29) is 12.5 Å². The molecule has 14 heteroatoms. The number of amides is 1. The molecule has 0 aliphatic carbocycles. The Labute approximate surface area is 556 Å². The number of allylic oxidation sites excluding steroid dienone is 10. The van der Waals surface area contributed by atoms with Crippen LogP contribution in [0, 0.1) is 0 Å². The Bertz CT molecular complexity index is 1760. The number of hydrogen-bond acceptors (Lipinski definition) is 13. The number of nitrogens with one attached hydrogen (secondary N) is 1. The topological polar surface area (TPSA) is 228 Å². The predicted octanol–water partition coefficient (Wildman–Crippen LogP) is 16.4. The van der Waals surface area contributed by atoms with Crippen LogP contribution < -0.4 is 5.32 Å². The van der Waals surface area contributed by atoms with Gasteiger partial charge in [0.25, 0.3) is 0 Å². The summed E-state index contributed by atoms with van der Waals surface area (Å²) < 4.78 is 22.9. The first-order chi connectivity index (χ1) is 44.6. The Balaban J connectivity index is 1.59. The van der Waals surface area contributed by atoms with Crippen LogP contribution in [0.1, 0.15) is 328 Å². The maximum Gasteiger partial charge on any atom is 0.220 e. The van der Waals surface area contributed by atoms with Gasteiger partial charge < -0.3 is 65.1 Å². The highest BCUT2D eigenvalue weighted by molar-refractivity contribution is 5.76. The highest BCUT2D eigenvalue weighted by Crippen LogP contribution is 2.30. The second-order valence-electron chi connectivity index (χ2n) is 26.8. The lowest BCUT2D eigenvalue weighted by atomic mass is 9.97. The van der Waals surface area contributed by atoms with Crippen LogP contribution in [-0.2, 0) is 23.7 Å². The van der Waals surface area contributed by atoms with Crippen molar-refractivity contribution in [2.45, 2.75) is 402 Å². The summed E-state index contributed by atoms with van der Waals surface area (Å²) >= 11 is 0. The largest absolute Gasteiger partial charge is 0.394 e. The fourth-order valence-corrected chi connectivity index (χ4v) is 12.5. The van der Waals surface area contributed by atoms with E-state index >= 15 is 0 Å². The molecular weight excluding hydrogens is 1150 g/mol. The number of ether oxygens (including phenoxy) is 4. The van der Waals surface area contributed by atoms with Gasteiger partial charge in [0.15, 0.2) is 12.6 Å². The summed E-state index contributed by atoms with van der Waals surface area (Å²) in [4.78, 5) is 13.4. The molecule has 0 saturated carbocycles. The molecule has 14 nitrogen and oxygen atoms in total. The average Bonchev–Trinajstić information content (AvgIpc) is 1.04. The number of hydrogen-bond donors (Lipinski definition) is 9. The molecule has 2 fully saturated rings. The van der Waals surface area contributed by atoms with Gasteiger partial charge in [-0.1, -0.05) is 325 Å². The molecule has 0 radical (unpaired) electrons. The third-order valence-electron chi connectivity index (χ3n) is 18.5. The van der Waals surface area contributed by atoms with Crippen molar-refractivity contribution in [3.8, 4) is 0 Å². The van der Waals surface area contributed by atoms with E-state index in [0.29, 0.717) is 12.8 Å². The summed E-state index contributed by atoms with van der Waals surface area (Å²) in [6, 6.07) is -0.829. The third-order valence-corrected chi connectivity index (χ3v) is 18.5. The summed E-state index contributed by atoms with van der Waals surface area (Å²) in [5, 5.41) is 87.7. The molecule has 0 spiro atoms. The van der Waals surface area contributed by atoms with Crippen molar-refractivity contribution in [3.05, 3.63) is 60.8 Å². The maximum absolute atomic E-state index is 13.4. The van der Waals surface area contributed by atoms with Crippen molar-refractivity contribution >= 4 is 5.91 Å². The maximum atomic E-state index is 13.4. The lowest BCUT2D eigenvalue weighted by Crippen LogP contribution is -2.65. The van der Waals surface area contributed by atoms with E-state index in [1.54, 1.807) is 0 Å². The molecule has 2 aliphatic rings. The molecule has 2 rings (SSSR count). The van der Waals surface area contributed by atoms with Crippen LogP contribution in [-0.4, -0.2) is 140 Å². The summed E-state index contributed by atoms with van der Waals surface area (Å²) in [7, 11) is 0. The lowest BCUT2D eigenvalue weighted by Gasteiger charge is -2.46. The minimum Gasteiger partial charge on any atom is -0.394 e. The van der Waals surface area contributed by atoms with E-state index in [9.17, 15) is 45.6 Å². The van der Waals surface area contributed by atoms with E-state index in [4.69, 9.17) is 18.9 Å². The van der Waals surface area contributed by atoms with Crippen LogP contribution in [0.2, 0.25) is 0 Å². The molecule has 0 aromatic heterocycles. The fraction of sp³-hybridized carbons (Fsp3) is 0.857. The van der Waals surface area contributed by atoms with Crippen molar-refractivity contribution in [2.24, 2.45) is 0 Å². The monoisotopic (exact) mass is 1290 g/mol. The summed E-state index contributed by atoms with van der Waals surface area (Å²) in [6.07, 6.45) is 65.4. The Morgan fingerprint density at radius 2 is 0.758 bits per heavy atom. The number of rotatable bonds is 63. The average molecular weight is 1290 g/mol. The molecule has 2 saturated heterocycles. The van der Waals surface area contributed by atoms with E-state index in [1.165, 1.54) is 218 Å². The first kappa shape index (κ1) is 84.8. The SMILES string of the molecule is CC/C=C\C/C=C\C/C=C\C/C=C\C/C=C\CCCCCCCCCCCCCCCCCCCCCCCC(=O)NC(COC1OC(CO)C(OC2OC(CO)C(O)C(O)C2O)C(O)C1O)C(O)CCCCCCCCCCCCCCCCCCCCCC. The number of unbranched alkanes of at least 4 members (excludes halogenated alkanes) is 40.